The fraction of sp³-hybridized carbons (Fsp3) is 0.429. The molecular weight excluding hydrogens is 310 g/mol. The normalized spacial score (nSPS) is 15.9. The van der Waals surface area contributed by atoms with Gasteiger partial charge in [-0.2, -0.15) is 0 Å². The summed E-state index contributed by atoms with van der Waals surface area (Å²) in [6.07, 6.45) is 5.39. The average Bonchev–Trinajstić information content (AvgIpc) is 2.65. The van der Waals surface area contributed by atoms with Crippen LogP contribution >= 0.6 is 0 Å². The molecule has 0 bridgehead atoms. The highest BCUT2D eigenvalue weighted by Crippen LogP contribution is 2.21. The molecule has 0 unspecified atom stereocenters. The van der Waals surface area contributed by atoms with Crippen molar-refractivity contribution in [1.29, 1.82) is 0 Å². The van der Waals surface area contributed by atoms with Gasteiger partial charge in [-0.05, 0) is 56.0 Å². The number of aromatic nitrogens is 1. The minimum absolute atomic E-state index is 0.0534. The van der Waals surface area contributed by atoms with Crippen LogP contribution in [0.15, 0.2) is 54.7 Å². The highest BCUT2D eigenvalue weighted by atomic mass is 16.2. The van der Waals surface area contributed by atoms with Crippen LogP contribution in [0, 0.1) is 5.92 Å². The quantitative estimate of drug-likeness (QED) is 0.811. The van der Waals surface area contributed by atoms with E-state index < -0.39 is 0 Å². The predicted molar refractivity (Wildman–Crippen MR) is 102 cm³/mol. The third-order valence-corrected chi connectivity index (χ3v) is 5.02. The first kappa shape index (κ1) is 17.6. The number of hydrogen-bond donors (Lipinski definition) is 0. The lowest BCUT2D eigenvalue weighted by atomic mass is 9.90. The first-order valence-electron chi connectivity index (χ1n) is 9.18. The van der Waals surface area contributed by atoms with Crippen molar-refractivity contribution in [2.24, 2.45) is 5.92 Å². The van der Waals surface area contributed by atoms with E-state index >= 15 is 0 Å². The number of nitrogens with zero attached hydrogens (tertiary/aromatic N) is 3. The van der Waals surface area contributed by atoms with E-state index in [4.69, 9.17) is 0 Å². The molecule has 0 atom stereocenters. The Bertz CT molecular complexity index is 651. The summed E-state index contributed by atoms with van der Waals surface area (Å²) < 4.78 is 0. The smallest absolute Gasteiger partial charge is 0.225 e. The monoisotopic (exact) mass is 337 g/mol. The second-order valence-corrected chi connectivity index (χ2v) is 6.83. The molecule has 0 N–H and O–H groups in total. The molecule has 1 amide bonds. The fourth-order valence-electron chi connectivity index (χ4n) is 3.55. The lowest BCUT2D eigenvalue weighted by Crippen LogP contribution is -2.41. The van der Waals surface area contributed by atoms with Crippen LogP contribution < -0.4 is 4.90 Å². The van der Waals surface area contributed by atoms with Crippen molar-refractivity contribution in [2.45, 2.75) is 26.2 Å². The van der Waals surface area contributed by atoms with Crippen molar-refractivity contribution >= 4 is 11.7 Å². The Hall–Kier alpha value is -2.20. The number of carbonyl (C=O) groups excluding carboxylic acids is 1. The van der Waals surface area contributed by atoms with Gasteiger partial charge in [-0.15, -0.1) is 0 Å². The predicted octanol–water partition coefficient (Wildman–Crippen LogP) is 3.39. The summed E-state index contributed by atoms with van der Waals surface area (Å²) in [4.78, 5) is 20.5. The molecule has 25 heavy (non-hydrogen) atoms. The zero-order chi connectivity index (χ0) is 17.5. The van der Waals surface area contributed by atoms with Crippen LogP contribution in [0.2, 0.25) is 0 Å². The highest BCUT2D eigenvalue weighted by Gasteiger charge is 2.21. The second-order valence-electron chi connectivity index (χ2n) is 6.83. The molecule has 132 valence electrons. The maximum atomic E-state index is 11.9. The van der Waals surface area contributed by atoms with Gasteiger partial charge in [0, 0.05) is 26.2 Å². The largest absolute Gasteiger partial charge is 0.302 e. The summed E-state index contributed by atoms with van der Waals surface area (Å²) in [7, 11) is 0. The van der Waals surface area contributed by atoms with Crippen LogP contribution in [0.3, 0.4) is 0 Å². The van der Waals surface area contributed by atoms with E-state index in [1.807, 2.05) is 18.2 Å². The van der Waals surface area contributed by atoms with Crippen LogP contribution in [0.5, 0.6) is 0 Å². The Labute approximate surface area is 150 Å². The van der Waals surface area contributed by atoms with Crippen molar-refractivity contribution in [3.63, 3.8) is 0 Å². The molecule has 2 heterocycles. The third-order valence-electron chi connectivity index (χ3n) is 5.02. The Kier molecular flexibility index (Phi) is 6.18. The van der Waals surface area contributed by atoms with E-state index in [0.29, 0.717) is 6.54 Å². The lowest BCUT2D eigenvalue weighted by Gasteiger charge is -2.33. The van der Waals surface area contributed by atoms with Gasteiger partial charge in [0.1, 0.15) is 5.82 Å². The first-order valence-corrected chi connectivity index (χ1v) is 9.18. The van der Waals surface area contributed by atoms with Gasteiger partial charge in [0.25, 0.3) is 0 Å². The summed E-state index contributed by atoms with van der Waals surface area (Å²) in [5.41, 5.74) is 1.44. The summed E-state index contributed by atoms with van der Waals surface area (Å²) in [5, 5.41) is 0. The highest BCUT2D eigenvalue weighted by molar-refractivity contribution is 5.90. The van der Waals surface area contributed by atoms with Crippen LogP contribution in [0.1, 0.15) is 25.3 Å². The van der Waals surface area contributed by atoms with Crippen molar-refractivity contribution in [2.75, 3.05) is 31.1 Å². The standard InChI is InChI=1S/C21H27N3O/c1-18(25)24(21-9-5-6-12-22-21)16-15-23-13-10-20(11-14-23)17-19-7-3-2-4-8-19/h2-9,12,20H,10-11,13-17H2,1H3. The molecule has 1 aromatic heterocycles. The Morgan fingerprint density at radius 1 is 1.12 bits per heavy atom. The fourth-order valence-corrected chi connectivity index (χ4v) is 3.55. The molecule has 0 spiro atoms. The molecule has 4 nitrogen and oxygen atoms in total. The topological polar surface area (TPSA) is 36.4 Å². The number of carbonyl (C=O) groups is 1. The van der Waals surface area contributed by atoms with Gasteiger partial charge < -0.3 is 4.90 Å². The SMILES string of the molecule is CC(=O)N(CCN1CCC(Cc2ccccc2)CC1)c1ccccn1. The van der Waals surface area contributed by atoms with Crippen molar-refractivity contribution in [3.05, 3.63) is 60.3 Å². The number of anilines is 1. The number of piperidine rings is 1. The zero-order valence-electron chi connectivity index (χ0n) is 15.0. The molecule has 1 aliphatic heterocycles. The van der Waals surface area contributed by atoms with E-state index in [-0.39, 0.29) is 5.91 Å². The Morgan fingerprint density at radius 3 is 2.48 bits per heavy atom. The maximum absolute atomic E-state index is 11.9. The van der Waals surface area contributed by atoms with Gasteiger partial charge in [0.05, 0.1) is 0 Å². The molecule has 1 aromatic carbocycles. The van der Waals surface area contributed by atoms with E-state index in [9.17, 15) is 4.79 Å². The minimum Gasteiger partial charge on any atom is -0.302 e. The van der Waals surface area contributed by atoms with Gasteiger partial charge in [0.15, 0.2) is 0 Å². The summed E-state index contributed by atoms with van der Waals surface area (Å²) in [5.74, 6) is 1.57. The molecule has 2 aromatic rings. The Morgan fingerprint density at radius 2 is 1.84 bits per heavy atom. The van der Waals surface area contributed by atoms with Gasteiger partial charge in [0.2, 0.25) is 5.91 Å². The summed E-state index contributed by atoms with van der Waals surface area (Å²) in [6.45, 7) is 5.46. The second kappa shape index (κ2) is 8.77. The number of benzene rings is 1. The lowest BCUT2D eigenvalue weighted by molar-refractivity contribution is -0.116. The molecule has 0 radical (unpaired) electrons. The molecule has 1 fully saturated rings. The minimum atomic E-state index is 0.0534. The van der Waals surface area contributed by atoms with E-state index in [0.717, 1.165) is 31.4 Å². The van der Waals surface area contributed by atoms with Gasteiger partial charge in [-0.3, -0.25) is 9.69 Å². The van der Waals surface area contributed by atoms with E-state index in [2.05, 4.69) is 40.2 Å². The van der Waals surface area contributed by atoms with Crippen molar-refractivity contribution in [3.8, 4) is 0 Å². The third kappa shape index (κ3) is 5.13. The molecule has 4 heteroatoms. The molecule has 0 aliphatic carbocycles. The number of pyridine rings is 1. The molecule has 1 aliphatic rings. The van der Waals surface area contributed by atoms with Gasteiger partial charge in [-0.25, -0.2) is 4.98 Å². The first-order chi connectivity index (χ1) is 12.2. The number of rotatable bonds is 6. The van der Waals surface area contributed by atoms with Crippen LogP contribution in [0.4, 0.5) is 5.82 Å². The summed E-state index contributed by atoms with van der Waals surface area (Å²) >= 11 is 0. The van der Waals surface area contributed by atoms with E-state index in [1.54, 1.807) is 18.0 Å². The molecular formula is C21H27N3O. The Balaban J connectivity index is 1.46. The van der Waals surface area contributed by atoms with E-state index in [1.165, 1.54) is 24.8 Å². The van der Waals surface area contributed by atoms with Crippen LogP contribution in [-0.2, 0) is 11.2 Å². The van der Waals surface area contributed by atoms with Gasteiger partial charge >= 0.3 is 0 Å². The summed E-state index contributed by atoms with van der Waals surface area (Å²) in [6, 6.07) is 16.5. The number of likely N-dealkylation sites (tertiary alicyclic amines) is 1. The number of hydrogen-bond acceptors (Lipinski definition) is 3. The number of amides is 1. The molecule has 0 saturated carbocycles. The molecule has 1 saturated heterocycles. The maximum Gasteiger partial charge on any atom is 0.225 e. The van der Waals surface area contributed by atoms with Gasteiger partial charge in [-0.1, -0.05) is 36.4 Å². The van der Waals surface area contributed by atoms with Crippen LogP contribution in [0.25, 0.3) is 0 Å². The van der Waals surface area contributed by atoms with Crippen LogP contribution in [-0.4, -0.2) is 42.0 Å². The van der Waals surface area contributed by atoms with Crippen molar-refractivity contribution in [1.82, 2.24) is 9.88 Å². The molecule has 3 rings (SSSR count). The average molecular weight is 337 g/mol. The zero-order valence-corrected chi connectivity index (χ0v) is 15.0. The van der Waals surface area contributed by atoms with Crippen molar-refractivity contribution < 1.29 is 4.79 Å².